The number of esters is 1. The van der Waals surface area contributed by atoms with Gasteiger partial charge in [-0.3, -0.25) is 0 Å². The second kappa shape index (κ2) is 9.64. The number of halogens is 3. The number of imidazole rings is 1. The van der Waals surface area contributed by atoms with E-state index in [-0.39, 0.29) is 17.2 Å². The number of hydrogen-bond donors (Lipinski definition) is 1. The first-order chi connectivity index (χ1) is 16.5. The van der Waals surface area contributed by atoms with Gasteiger partial charge in [0.1, 0.15) is 5.75 Å². The standard InChI is InChI=1S/C26H28F3N3O3/c1-25(2)14-4-5-19(16-25)32-22-12-6-17(7-13-23(33)34-3)15-21(22)31-24(32)30-18-8-10-20(11-9-18)35-26(27,28)29/h6-13,15,19H,4-5,14,16H2,1-3H3,(H,30,31). The Hall–Kier alpha value is -3.49. The lowest BCUT2D eigenvalue weighted by atomic mass is 9.75. The van der Waals surface area contributed by atoms with Gasteiger partial charge in [-0.15, -0.1) is 13.2 Å². The van der Waals surface area contributed by atoms with Gasteiger partial charge < -0.3 is 19.4 Å². The van der Waals surface area contributed by atoms with Crippen LogP contribution in [0.4, 0.5) is 24.8 Å². The molecule has 4 rings (SSSR count). The number of benzene rings is 2. The molecular weight excluding hydrogens is 459 g/mol. The Morgan fingerprint density at radius 1 is 1.20 bits per heavy atom. The van der Waals surface area contributed by atoms with E-state index in [4.69, 9.17) is 4.98 Å². The van der Waals surface area contributed by atoms with Crippen LogP contribution in [0.2, 0.25) is 0 Å². The Labute approximate surface area is 201 Å². The number of carbonyl (C=O) groups excluding carboxylic acids is 1. The summed E-state index contributed by atoms with van der Waals surface area (Å²) in [6.45, 7) is 4.53. The number of rotatable bonds is 6. The van der Waals surface area contributed by atoms with Gasteiger partial charge in [-0.25, -0.2) is 9.78 Å². The largest absolute Gasteiger partial charge is 0.573 e. The van der Waals surface area contributed by atoms with Crippen LogP contribution < -0.4 is 10.1 Å². The van der Waals surface area contributed by atoms with E-state index in [1.54, 1.807) is 6.08 Å². The Morgan fingerprint density at radius 2 is 1.94 bits per heavy atom. The zero-order chi connectivity index (χ0) is 25.2. The average molecular weight is 488 g/mol. The molecule has 0 amide bonds. The summed E-state index contributed by atoms with van der Waals surface area (Å²) in [5, 5.41) is 3.28. The van der Waals surface area contributed by atoms with Gasteiger partial charge in [-0.1, -0.05) is 26.3 Å². The molecule has 1 aromatic heterocycles. The number of alkyl halides is 3. The summed E-state index contributed by atoms with van der Waals surface area (Å²) >= 11 is 0. The first-order valence-corrected chi connectivity index (χ1v) is 11.4. The van der Waals surface area contributed by atoms with Crippen LogP contribution in [0.1, 0.15) is 51.1 Å². The molecule has 1 unspecified atom stereocenters. The van der Waals surface area contributed by atoms with Crippen LogP contribution >= 0.6 is 0 Å². The molecule has 1 saturated carbocycles. The molecule has 0 saturated heterocycles. The van der Waals surface area contributed by atoms with Crippen molar-refractivity contribution in [1.82, 2.24) is 9.55 Å². The van der Waals surface area contributed by atoms with Gasteiger partial charge in [0.05, 0.1) is 18.1 Å². The maximum Gasteiger partial charge on any atom is 0.573 e. The van der Waals surface area contributed by atoms with Crippen molar-refractivity contribution in [2.75, 3.05) is 12.4 Å². The van der Waals surface area contributed by atoms with E-state index in [0.29, 0.717) is 11.6 Å². The Morgan fingerprint density at radius 3 is 2.60 bits per heavy atom. The van der Waals surface area contributed by atoms with Gasteiger partial charge >= 0.3 is 12.3 Å². The van der Waals surface area contributed by atoms with Crippen molar-refractivity contribution in [2.24, 2.45) is 5.41 Å². The van der Waals surface area contributed by atoms with Crippen molar-refractivity contribution >= 4 is 34.7 Å². The summed E-state index contributed by atoms with van der Waals surface area (Å²) in [5.41, 5.74) is 3.28. The fourth-order valence-corrected chi connectivity index (χ4v) is 4.66. The van der Waals surface area contributed by atoms with Crippen molar-refractivity contribution in [3.63, 3.8) is 0 Å². The second-order valence-corrected chi connectivity index (χ2v) is 9.52. The van der Waals surface area contributed by atoms with Gasteiger partial charge in [0.15, 0.2) is 0 Å². The number of carbonyl (C=O) groups is 1. The molecule has 1 aliphatic rings. The highest BCUT2D eigenvalue weighted by Crippen LogP contribution is 2.43. The number of ether oxygens (including phenoxy) is 2. The molecule has 0 aliphatic heterocycles. The summed E-state index contributed by atoms with van der Waals surface area (Å²) in [5.74, 6) is -0.116. The number of anilines is 2. The summed E-state index contributed by atoms with van der Waals surface area (Å²) in [6.07, 6.45) is 2.52. The van der Waals surface area contributed by atoms with E-state index in [9.17, 15) is 18.0 Å². The topological polar surface area (TPSA) is 65.4 Å². The van der Waals surface area contributed by atoms with E-state index in [2.05, 4.69) is 33.2 Å². The van der Waals surface area contributed by atoms with Gasteiger partial charge in [-0.05, 0) is 72.7 Å². The van der Waals surface area contributed by atoms with Crippen LogP contribution in [0.5, 0.6) is 5.75 Å². The van der Waals surface area contributed by atoms with Crippen LogP contribution in [-0.2, 0) is 9.53 Å². The fourth-order valence-electron chi connectivity index (χ4n) is 4.66. The highest BCUT2D eigenvalue weighted by Gasteiger charge is 2.32. The third-order valence-electron chi connectivity index (χ3n) is 6.21. The van der Waals surface area contributed by atoms with Crippen molar-refractivity contribution in [3.8, 4) is 5.75 Å². The molecular formula is C26H28F3N3O3. The van der Waals surface area contributed by atoms with Crippen LogP contribution in [0, 0.1) is 5.41 Å². The van der Waals surface area contributed by atoms with Crippen molar-refractivity contribution in [1.29, 1.82) is 0 Å². The minimum Gasteiger partial charge on any atom is -0.466 e. The van der Waals surface area contributed by atoms with E-state index in [1.807, 2.05) is 18.2 Å². The zero-order valence-corrected chi connectivity index (χ0v) is 19.9. The molecule has 1 heterocycles. The number of aromatic nitrogens is 2. The first-order valence-electron chi connectivity index (χ1n) is 11.4. The lowest BCUT2D eigenvalue weighted by molar-refractivity contribution is -0.274. The molecule has 1 aliphatic carbocycles. The van der Waals surface area contributed by atoms with Crippen LogP contribution in [0.15, 0.2) is 48.5 Å². The third kappa shape index (κ3) is 6.15. The molecule has 9 heteroatoms. The Bertz CT molecular complexity index is 1230. The molecule has 3 aromatic rings. The predicted octanol–water partition coefficient (Wildman–Crippen LogP) is 7.01. The lowest BCUT2D eigenvalue weighted by Gasteiger charge is -2.36. The highest BCUT2D eigenvalue weighted by molar-refractivity contribution is 5.88. The van der Waals surface area contributed by atoms with E-state index in [0.717, 1.165) is 42.3 Å². The number of hydrogen-bond acceptors (Lipinski definition) is 5. The van der Waals surface area contributed by atoms with E-state index in [1.165, 1.54) is 37.5 Å². The predicted molar refractivity (Wildman–Crippen MR) is 128 cm³/mol. The maximum atomic E-state index is 12.5. The van der Waals surface area contributed by atoms with Crippen LogP contribution in [0.3, 0.4) is 0 Å². The highest BCUT2D eigenvalue weighted by atomic mass is 19.4. The van der Waals surface area contributed by atoms with Crippen LogP contribution in [-0.4, -0.2) is 29.0 Å². The summed E-state index contributed by atoms with van der Waals surface area (Å²) in [7, 11) is 1.32. The molecule has 186 valence electrons. The van der Waals surface area contributed by atoms with Crippen molar-refractivity contribution < 1.29 is 27.4 Å². The number of nitrogens with zero attached hydrogens (tertiary/aromatic N) is 2. The van der Waals surface area contributed by atoms with Crippen molar-refractivity contribution in [2.45, 2.75) is 51.9 Å². The average Bonchev–Trinajstić information content (AvgIpc) is 3.14. The summed E-state index contributed by atoms with van der Waals surface area (Å²) in [4.78, 5) is 16.3. The lowest BCUT2D eigenvalue weighted by Crippen LogP contribution is -2.25. The Kier molecular flexibility index (Phi) is 6.78. The minimum absolute atomic E-state index is 0.191. The molecule has 0 spiro atoms. The van der Waals surface area contributed by atoms with E-state index < -0.39 is 12.3 Å². The number of methoxy groups -OCH3 is 1. The molecule has 6 nitrogen and oxygen atoms in total. The van der Waals surface area contributed by atoms with Crippen LogP contribution in [0.25, 0.3) is 17.1 Å². The van der Waals surface area contributed by atoms with Gasteiger partial charge in [0, 0.05) is 17.8 Å². The molecule has 1 fully saturated rings. The maximum absolute atomic E-state index is 12.5. The first kappa shape index (κ1) is 24.6. The number of fused-ring (bicyclic) bond motifs is 1. The van der Waals surface area contributed by atoms with E-state index >= 15 is 0 Å². The van der Waals surface area contributed by atoms with Gasteiger partial charge in [-0.2, -0.15) is 0 Å². The third-order valence-corrected chi connectivity index (χ3v) is 6.21. The molecule has 0 bridgehead atoms. The summed E-state index contributed by atoms with van der Waals surface area (Å²) < 4.78 is 48.3. The smallest absolute Gasteiger partial charge is 0.466 e. The molecule has 1 N–H and O–H groups in total. The van der Waals surface area contributed by atoms with Gasteiger partial charge in [0.25, 0.3) is 0 Å². The van der Waals surface area contributed by atoms with Crippen molar-refractivity contribution in [3.05, 3.63) is 54.1 Å². The molecule has 35 heavy (non-hydrogen) atoms. The summed E-state index contributed by atoms with van der Waals surface area (Å²) in [6, 6.07) is 11.6. The molecule has 1 atom stereocenters. The zero-order valence-electron chi connectivity index (χ0n) is 19.9. The monoisotopic (exact) mass is 487 g/mol. The molecule has 2 aromatic carbocycles. The normalized spacial score (nSPS) is 18.1. The number of nitrogens with one attached hydrogen (secondary N) is 1. The quantitative estimate of drug-likeness (QED) is 0.299. The van der Waals surface area contributed by atoms with Gasteiger partial charge in [0.2, 0.25) is 5.95 Å². The fraction of sp³-hybridized carbons (Fsp3) is 0.385. The SMILES string of the molecule is COC(=O)C=Cc1ccc2c(c1)nc(Nc1ccc(OC(F)(F)F)cc1)n2C1CCCC(C)(C)C1. The minimum atomic E-state index is -4.74. The second-order valence-electron chi connectivity index (χ2n) is 9.52. The molecule has 0 radical (unpaired) electrons. The Balaban J connectivity index is 1.70.